The van der Waals surface area contributed by atoms with Crippen molar-refractivity contribution in [3.8, 4) is 0 Å². The minimum Gasteiger partial charge on any atom is -0.321 e. The maximum atomic E-state index is 12.6. The number of aryl methyl sites for hydroxylation is 1. The lowest BCUT2D eigenvalue weighted by Gasteiger charge is -2.26. The Bertz CT molecular complexity index is 470. The lowest BCUT2D eigenvalue weighted by Crippen LogP contribution is -2.34. The Morgan fingerprint density at radius 1 is 1.35 bits per heavy atom. The van der Waals surface area contributed by atoms with Crippen LogP contribution in [-0.4, -0.2) is 23.4 Å². The van der Waals surface area contributed by atoms with Gasteiger partial charge in [0.15, 0.2) is 0 Å². The first kappa shape index (κ1) is 15.0. The number of rotatable bonds is 5. The first-order chi connectivity index (χ1) is 9.52. The van der Waals surface area contributed by atoms with Crippen LogP contribution in [0.4, 0.5) is 0 Å². The Balaban J connectivity index is 2.26. The number of amides is 1. The molecule has 1 aromatic rings. The van der Waals surface area contributed by atoms with Crippen molar-refractivity contribution in [1.82, 2.24) is 10.2 Å². The van der Waals surface area contributed by atoms with Crippen LogP contribution in [0, 0.1) is 12.8 Å². The normalized spacial score (nSPS) is 22.9. The Morgan fingerprint density at radius 2 is 2.10 bits per heavy atom. The maximum Gasteiger partial charge on any atom is 0.241 e. The minimum atomic E-state index is -0.0238. The summed E-state index contributed by atoms with van der Waals surface area (Å²) in [7, 11) is 0. The molecule has 1 N–H and O–H groups in total. The molecule has 0 radical (unpaired) electrons. The summed E-state index contributed by atoms with van der Waals surface area (Å²) in [5.41, 5.74) is 2.43. The number of nitrogens with zero attached hydrogens (tertiary/aromatic N) is 1. The van der Waals surface area contributed by atoms with E-state index in [9.17, 15) is 4.79 Å². The molecule has 2 rings (SSSR count). The summed E-state index contributed by atoms with van der Waals surface area (Å²) in [6.07, 6.45) is 1.97. The SMILES string of the molecule is CCCC1NC(c2cccc(C)c2)N(CC(C)C)C1=O. The second kappa shape index (κ2) is 6.40. The Hall–Kier alpha value is -1.35. The van der Waals surface area contributed by atoms with E-state index in [1.807, 2.05) is 4.90 Å². The fraction of sp³-hybridized carbons (Fsp3) is 0.588. The third-order valence-corrected chi connectivity index (χ3v) is 3.75. The van der Waals surface area contributed by atoms with Crippen LogP contribution in [-0.2, 0) is 4.79 Å². The molecule has 3 heteroatoms. The van der Waals surface area contributed by atoms with Gasteiger partial charge in [-0.15, -0.1) is 0 Å². The summed E-state index contributed by atoms with van der Waals surface area (Å²) in [4.78, 5) is 14.6. The summed E-state index contributed by atoms with van der Waals surface area (Å²) >= 11 is 0. The predicted octanol–water partition coefficient (Wildman–Crippen LogP) is 3.25. The molecule has 1 amide bonds. The second-order valence-corrected chi connectivity index (χ2v) is 6.21. The van der Waals surface area contributed by atoms with Gasteiger partial charge < -0.3 is 4.90 Å². The average Bonchev–Trinajstić information content (AvgIpc) is 2.68. The van der Waals surface area contributed by atoms with Crippen LogP contribution in [0.1, 0.15) is 50.9 Å². The highest BCUT2D eigenvalue weighted by atomic mass is 16.2. The van der Waals surface area contributed by atoms with Crippen molar-refractivity contribution in [3.63, 3.8) is 0 Å². The van der Waals surface area contributed by atoms with Crippen LogP contribution in [0.2, 0.25) is 0 Å². The zero-order chi connectivity index (χ0) is 14.7. The number of nitrogens with one attached hydrogen (secondary N) is 1. The summed E-state index contributed by atoms with van der Waals surface area (Å²) in [6.45, 7) is 9.35. The van der Waals surface area contributed by atoms with Crippen molar-refractivity contribution in [3.05, 3.63) is 35.4 Å². The summed E-state index contributed by atoms with van der Waals surface area (Å²) < 4.78 is 0. The fourth-order valence-electron chi connectivity index (χ4n) is 2.88. The van der Waals surface area contributed by atoms with Crippen molar-refractivity contribution < 1.29 is 4.79 Å². The molecule has 1 aliphatic heterocycles. The molecule has 1 aromatic carbocycles. The molecule has 0 aliphatic carbocycles. The number of carbonyl (C=O) groups excluding carboxylic acids is 1. The Morgan fingerprint density at radius 3 is 2.70 bits per heavy atom. The van der Waals surface area contributed by atoms with Gasteiger partial charge in [0.05, 0.1) is 6.04 Å². The molecule has 1 saturated heterocycles. The van der Waals surface area contributed by atoms with Gasteiger partial charge in [0.1, 0.15) is 6.17 Å². The first-order valence-corrected chi connectivity index (χ1v) is 7.66. The van der Waals surface area contributed by atoms with Crippen molar-refractivity contribution in [2.24, 2.45) is 5.92 Å². The number of hydrogen-bond acceptors (Lipinski definition) is 2. The molecule has 20 heavy (non-hydrogen) atoms. The zero-order valence-electron chi connectivity index (χ0n) is 13.0. The Kier molecular flexibility index (Phi) is 4.81. The molecule has 0 spiro atoms. The van der Waals surface area contributed by atoms with Gasteiger partial charge in [-0.25, -0.2) is 0 Å². The molecule has 0 saturated carbocycles. The van der Waals surface area contributed by atoms with Crippen molar-refractivity contribution in [2.45, 2.75) is 52.7 Å². The van der Waals surface area contributed by atoms with E-state index in [2.05, 4.69) is 57.3 Å². The van der Waals surface area contributed by atoms with E-state index in [0.717, 1.165) is 19.4 Å². The molecule has 3 nitrogen and oxygen atoms in total. The van der Waals surface area contributed by atoms with Crippen molar-refractivity contribution >= 4 is 5.91 Å². The van der Waals surface area contributed by atoms with Gasteiger partial charge in [-0.2, -0.15) is 0 Å². The summed E-state index contributed by atoms with van der Waals surface area (Å²) in [6, 6.07) is 8.42. The average molecular weight is 274 g/mol. The Labute approximate surface area is 122 Å². The minimum absolute atomic E-state index is 0.0238. The van der Waals surface area contributed by atoms with Crippen molar-refractivity contribution in [2.75, 3.05) is 6.54 Å². The summed E-state index contributed by atoms with van der Waals surface area (Å²) in [5, 5.41) is 3.52. The van der Waals surface area contributed by atoms with Gasteiger partial charge in [-0.3, -0.25) is 10.1 Å². The van der Waals surface area contributed by atoms with E-state index in [1.54, 1.807) is 0 Å². The highest BCUT2D eigenvalue weighted by Crippen LogP contribution is 2.28. The molecule has 2 atom stereocenters. The van der Waals surface area contributed by atoms with E-state index in [4.69, 9.17) is 0 Å². The zero-order valence-corrected chi connectivity index (χ0v) is 13.0. The summed E-state index contributed by atoms with van der Waals surface area (Å²) in [5.74, 6) is 0.737. The molecule has 0 aromatic heterocycles. The van der Waals surface area contributed by atoms with Crippen LogP contribution in [0.5, 0.6) is 0 Å². The van der Waals surface area contributed by atoms with Gasteiger partial charge in [0.25, 0.3) is 0 Å². The smallest absolute Gasteiger partial charge is 0.241 e. The number of hydrogen-bond donors (Lipinski definition) is 1. The predicted molar refractivity (Wildman–Crippen MR) is 82.3 cm³/mol. The van der Waals surface area contributed by atoms with Gasteiger partial charge in [-0.05, 0) is 24.8 Å². The fourth-order valence-corrected chi connectivity index (χ4v) is 2.88. The van der Waals surface area contributed by atoms with E-state index in [-0.39, 0.29) is 18.1 Å². The van der Waals surface area contributed by atoms with Gasteiger partial charge >= 0.3 is 0 Å². The highest BCUT2D eigenvalue weighted by Gasteiger charge is 2.38. The molecule has 0 bridgehead atoms. The quantitative estimate of drug-likeness (QED) is 0.894. The third-order valence-electron chi connectivity index (χ3n) is 3.75. The first-order valence-electron chi connectivity index (χ1n) is 7.66. The van der Waals surface area contributed by atoms with Crippen LogP contribution < -0.4 is 5.32 Å². The van der Waals surface area contributed by atoms with Gasteiger partial charge in [0, 0.05) is 6.54 Å². The van der Waals surface area contributed by atoms with Gasteiger partial charge in [0.2, 0.25) is 5.91 Å². The maximum absolute atomic E-state index is 12.6. The molecule has 110 valence electrons. The van der Waals surface area contributed by atoms with E-state index >= 15 is 0 Å². The molecule has 2 unspecified atom stereocenters. The monoisotopic (exact) mass is 274 g/mol. The van der Waals surface area contributed by atoms with E-state index in [0.29, 0.717) is 5.92 Å². The number of carbonyl (C=O) groups is 1. The molecule has 1 heterocycles. The lowest BCUT2D eigenvalue weighted by molar-refractivity contribution is -0.130. The topological polar surface area (TPSA) is 32.3 Å². The van der Waals surface area contributed by atoms with Crippen LogP contribution in [0.3, 0.4) is 0 Å². The van der Waals surface area contributed by atoms with Crippen LogP contribution in [0.25, 0.3) is 0 Å². The van der Waals surface area contributed by atoms with E-state index < -0.39 is 0 Å². The third kappa shape index (κ3) is 3.21. The van der Waals surface area contributed by atoms with E-state index in [1.165, 1.54) is 11.1 Å². The van der Waals surface area contributed by atoms with Crippen molar-refractivity contribution in [1.29, 1.82) is 0 Å². The van der Waals surface area contributed by atoms with Crippen LogP contribution in [0.15, 0.2) is 24.3 Å². The standard InChI is InChI=1S/C17H26N2O/c1-5-7-15-17(20)19(11-12(2)3)16(18-15)14-9-6-8-13(4)10-14/h6,8-10,12,15-16,18H,5,7,11H2,1-4H3. The van der Waals surface area contributed by atoms with Gasteiger partial charge in [-0.1, -0.05) is 57.0 Å². The largest absolute Gasteiger partial charge is 0.321 e. The molecular formula is C17H26N2O. The molecular weight excluding hydrogens is 248 g/mol. The number of benzene rings is 1. The molecule has 1 fully saturated rings. The van der Waals surface area contributed by atoms with Crippen LogP contribution >= 0.6 is 0 Å². The highest BCUT2D eigenvalue weighted by molar-refractivity contribution is 5.84. The molecule has 1 aliphatic rings. The second-order valence-electron chi connectivity index (χ2n) is 6.21. The lowest BCUT2D eigenvalue weighted by atomic mass is 10.1.